The Morgan fingerprint density at radius 3 is 2.62 bits per heavy atom. The summed E-state index contributed by atoms with van der Waals surface area (Å²) in [4.78, 5) is 1.45. The molecule has 0 bridgehead atoms. The molecule has 1 unspecified atom stereocenters. The lowest BCUT2D eigenvalue weighted by Crippen LogP contribution is -2.21. The van der Waals surface area contributed by atoms with Crippen molar-refractivity contribution >= 4 is 35.0 Å². The van der Waals surface area contributed by atoms with Gasteiger partial charge in [-0.2, -0.15) is 0 Å². The van der Waals surface area contributed by atoms with Crippen LogP contribution in [0.2, 0.25) is 10.0 Å². The molecule has 0 heterocycles. The van der Waals surface area contributed by atoms with Crippen molar-refractivity contribution in [3.8, 4) is 0 Å². The van der Waals surface area contributed by atoms with Gasteiger partial charge in [-0.1, -0.05) is 54.0 Å². The summed E-state index contributed by atoms with van der Waals surface area (Å²) < 4.78 is 14.1. The molecule has 0 aliphatic carbocycles. The first-order valence-corrected chi connectivity index (χ1v) is 8.24. The van der Waals surface area contributed by atoms with Gasteiger partial charge in [-0.3, -0.25) is 0 Å². The second-order valence-corrected chi connectivity index (χ2v) is 6.68. The van der Waals surface area contributed by atoms with Gasteiger partial charge in [0.25, 0.3) is 0 Å². The first kappa shape index (κ1) is 16.6. The van der Waals surface area contributed by atoms with Gasteiger partial charge in [0.15, 0.2) is 0 Å². The number of hydrogen-bond donors (Lipinski definition) is 1. The zero-order chi connectivity index (χ0) is 15.4. The zero-order valence-corrected chi connectivity index (χ0v) is 13.9. The molecule has 2 aromatic carbocycles. The molecule has 0 spiro atoms. The highest BCUT2D eigenvalue weighted by Gasteiger charge is 2.13. The highest BCUT2D eigenvalue weighted by atomic mass is 35.5. The number of halogens is 3. The van der Waals surface area contributed by atoms with Gasteiger partial charge in [-0.25, -0.2) is 4.39 Å². The maximum Gasteiger partial charge on any atom is 0.137 e. The fourth-order valence-electron chi connectivity index (χ4n) is 1.91. The molecule has 0 fully saturated rings. The topological polar surface area (TPSA) is 26.0 Å². The van der Waals surface area contributed by atoms with E-state index in [2.05, 4.69) is 0 Å². The van der Waals surface area contributed by atoms with E-state index < -0.39 is 0 Å². The van der Waals surface area contributed by atoms with Crippen molar-refractivity contribution in [1.29, 1.82) is 0 Å². The Labute approximate surface area is 138 Å². The maximum absolute atomic E-state index is 14.1. The van der Waals surface area contributed by atoms with Crippen molar-refractivity contribution < 1.29 is 4.39 Å². The van der Waals surface area contributed by atoms with Crippen molar-refractivity contribution in [1.82, 2.24) is 0 Å². The molecule has 0 amide bonds. The van der Waals surface area contributed by atoms with Crippen molar-refractivity contribution in [3.05, 3.63) is 57.8 Å². The number of hydrogen-bond acceptors (Lipinski definition) is 2. The van der Waals surface area contributed by atoms with Crippen LogP contribution in [-0.2, 0) is 6.42 Å². The summed E-state index contributed by atoms with van der Waals surface area (Å²) in [6.07, 6.45) is 1.51. The van der Waals surface area contributed by atoms with E-state index in [1.165, 1.54) is 17.8 Å². The molecule has 2 rings (SSSR count). The monoisotopic (exact) mass is 343 g/mol. The van der Waals surface area contributed by atoms with Crippen LogP contribution >= 0.6 is 35.0 Å². The largest absolute Gasteiger partial charge is 0.327 e. The van der Waals surface area contributed by atoms with Crippen LogP contribution in [0, 0.1) is 5.82 Å². The van der Waals surface area contributed by atoms with Gasteiger partial charge < -0.3 is 5.73 Å². The van der Waals surface area contributed by atoms with E-state index in [-0.39, 0.29) is 11.9 Å². The average Bonchev–Trinajstić information content (AvgIpc) is 2.46. The molecular weight excluding hydrogens is 328 g/mol. The van der Waals surface area contributed by atoms with Gasteiger partial charge in [0, 0.05) is 10.9 Å². The molecule has 0 aliphatic rings. The molecule has 5 heteroatoms. The molecule has 0 aromatic heterocycles. The van der Waals surface area contributed by atoms with E-state index in [1.807, 2.05) is 19.1 Å². The molecule has 21 heavy (non-hydrogen) atoms. The highest BCUT2D eigenvalue weighted by molar-refractivity contribution is 7.99. The van der Waals surface area contributed by atoms with Gasteiger partial charge in [-0.05, 0) is 42.7 Å². The van der Waals surface area contributed by atoms with Gasteiger partial charge in [0.2, 0.25) is 0 Å². The molecule has 2 aromatic rings. The molecule has 0 saturated heterocycles. The van der Waals surface area contributed by atoms with Gasteiger partial charge in [0.05, 0.1) is 14.9 Å². The summed E-state index contributed by atoms with van der Waals surface area (Å²) in [7, 11) is 0. The molecule has 0 saturated carbocycles. The number of nitrogens with two attached hydrogens (primary N) is 1. The minimum Gasteiger partial charge on any atom is -0.327 e. The number of benzene rings is 2. The molecule has 0 aliphatic heterocycles. The van der Waals surface area contributed by atoms with Crippen LogP contribution in [0.4, 0.5) is 4.39 Å². The fourth-order valence-corrected chi connectivity index (χ4v) is 3.27. The predicted octanol–water partition coefficient (Wildman–Crippen LogP) is 5.56. The maximum atomic E-state index is 14.1. The highest BCUT2D eigenvalue weighted by Crippen LogP contribution is 2.36. The fraction of sp³-hybridized carbons (Fsp3) is 0.250. The minimum atomic E-state index is -0.244. The lowest BCUT2D eigenvalue weighted by atomic mass is 10.0. The van der Waals surface area contributed by atoms with E-state index in [9.17, 15) is 4.39 Å². The Kier molecular flexibility index (Phi) is 5.94. The lowest BCUT2D eigenvalue weighted by molar-refractivity contribution is 0.585. The standard InChI is InChI=1S/C16H16Cl2FNS/c1-2-11(20)8-10-4-3-5-15(19)16(10)21-12-6-7-13(17)14(18)9-12/h3-7,9,11H,2,8,20H2,1H3. The van der Waals surface area contributed by atoms with Crippen LogP contribution in [0.5, 0.6) is 0 Å². The third-order valence-electron chi connectivity index (χ3n) is 3.17. The minimum absolute atomic E-state index is 0.0277. The molecule has 112 valence electrons. The second-order valence-electron chi connectivity index (χ2n) is 4.78. The van der Waals surface area contributed by atoms with Crippen molar-refractivity contribution in [2.75, 3.05) is 0 Å². The van der Waals surface area contributed by atoms with Crippen molar-refractivity contribution in [3.63, 3.8) is 0 Å². The molecular formula is C16H16Cl2FNS. The molecule has 1 atom stereocenters. The third kappa shape index (κ3) is 4.36. The van der Waals surface area contributed by atoms with Gasteiger partial charge in [-0.15, -0.1) is 0 Å². The van der Waals surface area contributed by atoms with E-state index in [4.69, 9.17) is 28.9 Å². The van der Waals surface area contributed by atoms with Crippen LogP contribution in [0.25, 0.3) is 0 Å². The van der Waals surface area contributed by atoms with E-state index in [0.29, 0.717) is 21.4 Å². The molecule has 1 nitrogen and oxygen atoms in total. The van der Waals surface area contributed by atoms with Crippen LogP contribution in [-0.4, -0.2) is 6.04 Å². The smallest absolute Gasteiger partial charge is 0.137 e. The van der Waals surface area contributed by atoms with E-state index in [1.54, 1.807) is 18.2 Å². The average molecular weight is 344 g/mol. The second kappa shape index (κ2) is 7.50. The predicted molar refractivity (Wildman–Crippen MR) is 89.0 cm³/mol. The summed E-state index contributed by atoms with van der Waals surface area (Å²) in [5.41, 5.74) is 6.91. The normalized spacial score (nSPS) is 12.4. The van der Waals surface area contributed by atoms with Crippen LogP contribution < -0.4 is 5.73 Å². The lowest BCUT2D eigenvalue weighted by Gasteiger charge is -2.14. The Hall–Kier alpha value is -0.740. The summed E-state index contributed by atoms with van der Waals surface area (Å²) in [5.74, 6) is -0.244. The zero-order valence-electron chi connectivity index (χ0n) is 11.6. The summed E-state index contributed by atoms with van der Waals surface area (Å²) >= 11 is 13.3. The van der Waals surface area contributed by atoms with Crippen LogP contribution in [0.1, 0.15) is 18.9 Å². The Balaban J connectivity index is 2.31. The molecule has 0 radical (unpaired) electrons. The Morgan fingerprint density at radius 1 is 1.19 bits per heavy atom. The number of rotatable bonds is 5. The van der Waals surface area contributed by atoms with Crippen molar-refractivity contribution in [2.24, 2.45) is 5.73 Å². The van der Waals surface area contributed by atoms with Crippen LogP contribution in [0.15, 0.2) is 46.2 Å². The van der Waals surface area contributed by atoms with Crippen LogP contribution in [0.3, 0.4) is 0 Å². The quantitative estimate of drug-likeness (QED) is 0.768. The Morgan fingerprint density at radius 2 is 1.95 bits per heavy atom. The third-order valence-corrected chi connectivity index (χ3v) is 5.06. The summed E-state index contributed by atoms with van der Waals surface area (Å²) in [6.45, 7) is 2.02. The summed E-state index contributed by atoms with van der Waals surface area (Å²) in [6, 6.07) is 10.4. The SMILES string of the molecule is CCC(N)Cc1cccc(F)c1Sc1ccc(Cl)c(Cl)c1. The Bertz CT molecular complexity index is 634. The first-order valence-electron chi connectivity index (χ1n) is 6.67. The first-order chi connectivity index (χ1) is 10.0. The van der Waals surface area contributed by atoms with Gasteiger partial charge in [0.1, 0.15) is 5.82 Å². The van der Waals surface area contributed by atoms with E-state index >= 15 is 0 Å². The van der Waals surface area contributed by atoms with Crippen molar-refractivity contribution in [2.45, 2.75) is 35.6 Å². The molecule has 2 N–H and O–H groups in total. The summed E-state index contributed by atoms with van der Waals surface area (Å²) in [5, 5.41) is 0.951. The van der Waals surface area contributed by atoms with E-state index in [0.717, 1.165) is 16.9 Å². The van der Waals surface area contributed by atoms with Gasteiger partial charge >= 0.3 is 0 Å².